The molecule has 208 valence electrons. The van der Waals surface area contributed by atoms with E-state index in [0.717, 1.165) is 21.7 Å². The van der Waals surface area contributed by atoms with Crippen LogP contribution in [0.25, 0.3) is 0 Å². The van der Waals surface area contributed by atoms with Gasteiger partial charge in [0.05, 0.1) is 11.9 Å². The summed E-state index contributed by atoms with van der Waals surface area (Å²) in [6.07, 6.45) is 1.34. The monoisotopic (exact) mass is 569 g/mol. The van der Waals surface area contributed by atoms with Crippen LogP contribution in [-0.2, 0) is 32.6 Å². The molecule has 3 aromatic rings. The first kappa shape index (κ1) is 30.2. The van der Waals surface area contributed by atoms with Crippen LogP contribution in [0, 0.1) is 0 Å². The van der Waals surface area contributed by atoms with Crippen LogP contribution < -0.4 is 9.62 Å². The predicted molar refractivity (Wildman–Crippen MR) is 157 cm³/mol. The van der Waals surface area contributed by atoms with Crippen molar-refractivity contribution < 1.29 is 18.0 Å². The first-order valence-electron chi connectivity index (χ1n) is 12.9. The molecule has 1 N–H and O–H groups in total. The van der Waals surface area contributed by atoms with Crippen LogP contribution >= 0.6 is 11.6 Å². The van der Waals surface area contributed by atoms with Gasteiger partial charge in [-0.15, -0.1) is 0 Å². The number of sulfonamides is 1. The molecule has 0 saturated heterocycles. The number of amides is 2. The number of halogens is 1. The van der Waals surface area contributed by atoms with Crippen LogP contribution in [0.5, 0.6) is 0 Å². The maximum absolute atomic E-state index is 14.1. The van der Waals surface area contributed by atoms with Crippen molar-refractivity contribution in [1.29, 1.82) is 0 Å². The van der Waals surface area contributed by atoms with Crippen molar-refractivity contribution in [2.45, 2.75) is 45.7 Å². The minimum absolute atomic E-state index is 0.0286. The lowest BCUT2D eigenvalue weighted by atomic mass is 10.0. The van der Waals surface area contributed by atoms with Gasteiger partial charge in [0, 0.05) is 24.5 Å². The lowest BCUT2D eigenvalue weighted by Gasteiger charge is -2.34. The molecule has 9 heteroatoms. The highest BCUT2D eigenvalue weighted by Crippen LogP contribution is 2.29. The van der Waals surface area contributed by atoms with Crippen molar-refractivity contribution in [1.82, 2.24) is 10.2 Å². The molecule has 3 rings (SSSR count). The Kier molecular flexibility index (Phi) is 10.5. The van der Waals surface area contributed by atoms with Gasteiger partial charge in [0.2, 0.25) is 21.8 Å². The zero-order chi connectivity index (χ0) is 28.6. The minimum Gasteiger partial charge on any atom is -0.355 e. The Bertz CT molecular complexity index is 1380. The molecule has 0 heterocycles. The first-order chi connectivity index (χ1) is 18.5. The van der Waals surface area contributed by atoms with Crippen molar-refractivity contribution in [2.75, 3.05) is 23.7 Å². The summed E-state index contributed by atoms with van der Waals surface area (Å²) in [6.45, 7) is 5.71. The van der Waals surface area contributed by atoms with Crippen molar-refractivity contribution in [2.24, 2.45) is 0 Å². The van der Waals surface area contributed by atoms with Gasteiger partial charge in [0.15, 0.2) is 0 Å². The third-order valence-electron chi connectivity index (χ3n) is 6.43. The van der Waals surface area contributed by atoms with Gasteiger partial charge in [-0.1, -0.05) is 92.2 Å². The number of para-hydroxylation sites is 1. The van der Waals surface area contributed by atoms with E-state index in [1.54, 1.807) is 30.3 Å². The second-order valence-electron chi connectivity index (χ2n) is 9.70. The largest absolute Gasteiger partial charge is 0.355 e. The third-order valence-corrected chi connectivity index (χ3v) is 7.92. The van der Waals surface area contributed by atoms with E-state index in [0.29, 0.717) is 22.8 Å². The molecular weight excluding hydrogens is 534 g/mol. The minimum atomic E-state index is -3.84. The van der Waals surface area contributed by atoms with E-state index in [9.17, 15) is 18.0 Å². The van der Waals surface area contributed by atoms with Gasteiger partial charge >= 0.3 is 0 Å². The highest BCUT2D eigenvalue weighted by molar-refractivity contribution is 7.92. The molecule has 0 aliphatic heterocycles. The summed E-state index contributed by atoms with van der Waals surface area (Å²) in [4.78, 5) is 28.9. The van der Waals surface area contributed by atoms with E-state index in [4.69, 9.17) is 11.6 Å². The van der Waals surface area contributed by atoms with Crippen LogP contribution in [-0.4, -0.2) is 50.5 Å². The van der Waals surface area contributed by atoms with Crippen LogP contribution in [0.2, 0.25) is 5.02 Å². The van der Waals surface area contributed by atoms with E-state index >= 15 is 0 Å². The Morgan fingerprint density at radius 1 is 0.923 bits per heavy atom. The zero-order valence-corrected chi connectivity index (χ0v) is 24.4. The maximum Gasteiger partial charge on any atom is 0.244 e. The molecule has 0 radical (unpaired) electrons. The highest BCUT2D eigenvalue weighted by Gasteiger charge is 2.33. The molecule has 2 amide bonds. The molecule has 39 heavy (non-hydrogen) atoms. The number of rotatable bonds is 12. The predicted octanol–water partition coefficient (Wildman–Crippen LogP) is 5.01. The number of benzene rings is 3. The molecule has 3 aromatic carbocycles. The number of carbonyl (C=O) groups is 2. The van der Waals surface area contributed by atoms with E-state index in [-0.39, 0.29) is 24.8 Å². The van der Waals surface area contributed by atoms with E-state index in [2.05, 4.69) is 5.32 Å². The Morgan fingerprint density at radius 3 is 2.15 bits per heavy atom. The smallest absolute Gasteiger partial charge is 0.244 e. The fraction of sp³-hybridized carbons (Fsp3) is 0.333. The number of hydrogen-bond acceptors (Lipinski definition) is 4. The second kappa shape index (κ2) is 13.6. The van der Waals surface area contributed by atoms with E-state index in [1.165, 1.54) is 4.90 Å². The van der Waals surface area contributed by atoms with Gasteiger partial charge in [0.25, 0.3) is 0 Å². The van der Waals surface area contributed by atoms with Crippen LogP contribution in [0.4, 0.5) is 5.69 Å². The fourth-order valence-corrected chi connectivity index (χ4v) is 5.52. The fourth-order valence-electron chi connectivity index (χ4n) is 4.45. The van der Waals surface area contributed by atoms with Crippen molar-refractivity contribution in [3.63, 3.8) is 0 Å². The average Bonchev–Trinajstić information content (AvgIpc) is 2.90. The number of nitrogens with zero attached hydrogens (tertiary/aromatic N) is 2. The standard InChI is InChI=1S/C30H36ClN3O4S/c1-5-32-30(36)28(19-23-13-7-6-8-14-23)33(20-24-15-9-11-17-26(24)31)29(35)21-34(39(4,37)38)27-18-12-10-16-25(27)22(2)3/h6-18,22,28H,5,19-21H2,1-4H3,(H,32,36)/t28-/m1/s1. The molecular formula is C30H36ClN3O4S. The van der Waals surface area contributed by atoms with E-state index < -0.39 is 28.5 Å². The van der Waals surface area contributed by atoms with Gasteiger partial charge in [-0.25, -0.2) is 8.42 Å². The summed E-state index contributed by atoms with van der Waals surface area (Å²) < 4.78 is 27.2. The van der Waals surface area contributed by atoms with Gasteiger partial charge < -0.3 is 10.2 Å². The Balaban J connectivity index is 2.09. The molecule has 0 saturated carbocycles. The highest BCUT2D eigenvalue weighted by atomic mass is 35.5. The quantitative estimate of drug-likeness (QED) is 0.332. The molecule has 7 nitrogen and oxygen atoms in total. The number of likely N-dealkylation sites (N-methyl/N-ethyl adjacent to an activating group) is 1. The summed E-state index contributed by atoms with van der Waals surface area (Å²) >= 11 is 6.46. The molecule has 0 unspecified atom stereocenters. The average molecular weight is 570 g/mol. The molecule has 0 spiro atoms. The number of nitrogens with one attached hydrogen (secondary N) is 1. The molecule has 1 atom stereocenters. The summed E-state index contributed by atoms with van der Waals surface area (Å²) in [7, 11) is -3.84. The first-order valence-corrected chi connectivity index (χ1v) is 15.2. The van der Waals surface area contributed by atoms with Crippen molar-refractivity contribution >= 4 is 39.1 Å². The molecule has 0 aromatic heterocycles. The summed E-state index contributed by atoms with van der Waals surface area (Å²) in [5.41, 5.74) is 2.77. The Morgan fingerprint density at radius 2 is 1.54 bits per heavy atom. The van der Waals surface area contributed by atoms with Gasteiger partial charge in [0.1, 0.15) is 12.6 Å². The molecule has 0 fully saturated rings. The van der Waals surface area contributed by atoms with Gasteiger partial charge in [-0.3, -0.25) is 13.9 Å². The normalized spacial score (nSPS) is 12.2. The lowest BCUT2D eigenvalue weighted by Crippen LogP contribution is -2.53. The Hall–Kier alpha value is -3.36. The lowest BCUT2D eigenvalue weighted by molar-refractivity contribution is -0.140. The van der Waals surface area contributed by atoms with E-state index in [1.807, 2.05) is 69.3 Å². The summed E-state index contributed by atoms with van der Waals surface area (Å²) in [6, 6.07) is 22.8. The van der Waals surface area contributed by atoms with Crippen molar-refractivity contribution in [3.05, 3.63) is 101 Å². The second-order valence-corrected chi connectivity index (χ2v) is 12.0. The number of anilines is 1. The topological polar surface area (TPSA) is 86.8 Å². The molecule has 0 bridgehead atoms. The van der Waals surface area contributed by atoms with Gasteiger partial charge in [-0.2, -0.15) is 0 Å². The molecule has 0 aliphatic carbocycles. The molecule has 0 aliphatic rings. The van der Waals surface area contributed by atoms with Crippen LogP contribution in [0.1, 0.15) is 43.4 Å². The SMILES string of the molecule is CCNC(=O)[C@@H](Cc1ccccc1)N(Cc1ccccc1Cl)C(=O)CN(c1ccccc1C(C)C)S(C)(=O)=O. The number of carbonyl (C=O) groups excluding carboxylic acids is 2. The zero-order valence-electron chi connectivity index (χ0n) is 22.8. The third kappa shape index (κ3) is 8.07. The number of hydrogen-bond donors (Lipinski definition) is 1. The van der Waals surface area contributed by atoms with Crippen LogP contribution in [0.3, 0.4) is 0 Å². The maximum atomic E-state index is 14.1. The summed E-state index contributed by atoms with van der Waals surface area (Å²) in [5.74, 6) is -0.803. The van der Waals surface area contributed by atoms with Crippen molar-refractivity contribution in [3.8, 4) is 0 Å². The van der Waals surface area contributed by atoms with Gasteiger partial charge in [-0.05, 0) is 41.7 Å². The summed E-state index contributed by atoms with van der Waals surface area (Å²) in [5, 5.41) is 3.30. The Labute approximate surface area is 236 Å². The van der Waals surface area contributed by atoms with Crippen LogP contribution in [0.15, 0.2) is 78.9 Å².